The number of aliphatic hydroxyl groups is 1. The van der Waals surface area contributed by atoms with Gasteiger partial charge in [0.25, 0.3) is 0 Å². The molecule has 0 saturated heterocycles. The fraction of sp³-hybridized carbons (Fsp3) is 0.444. The summed E-state index contributed by atoms with van der Waals surface area (Å²) in [6, 6.07) is 1.96. The van der Waals surface area contributed by atoms with E-state index in [4.69, 9.17) is 5.11 Å². The normalized spacial score (nSPS) is 10.0. The highest BCUT2D eigenvalue weighted by Crippen LogP contribution is 2.13. The molecule has 1 aromatic rings. The first-order chi connectivity index (χ1) is 5.65. The van der Waals surface area contributed by atoms with E-state index < -0.39 is 0 Å². The second kappa shape index (κ2) is 3.54. The van der Waals surface area contributed by atoms with E-state index >= 15 is 0 Å². The first-order valence-corrected chi connectivity index (χ1v) is 3.89. The lowest BCUT2D eigenvalue weighted by Crippen LogP contribution is -2.11. The molecule has 12 heavy (non-hydrogen) atoms. The van der Waals surface area contributed by atoms with E-state index in [2.05, 4.69) is 4.98 Å². The number of aryl methyl sites for hydroxylation is 1. The molecule has 1 heterocycles. The summed E-state index contributed by atoms with van der Waals surface area (Å²) >= 11 is 0. The Morgan fingerprint density at radius 3 is 2.58 bits per heavy atom. The molecule has 0 aliphatic heterocycles. The van der Waals surface area contributed by atoms with Crippen LogP contribution in [0.25, 0.3) is 0 Å². The molecule has 1 aromatic heterocycles. The summed E-state index contributed by atoms with van der Waals surface area (Å²) in [4.78, 5) is 6.11. The molecule has 0 aliphatic carbocycles. The molecule has 0 amide bonds. The average molecular weight is 166 g/mol. The maximum absolute atomic E-state index is 8.89. The van der Waals surface area contributed by atoms with Gasteiger partial charge in [-0.2, -0.15) is 0 Å². The Morgan fingerprint density at radius 1 is 1.50 bits per heavy atom. The highest BCUT2D eigenvalue weighted by atomic mass is 16.3. The maximum Gasteiger partial charge on any atom is 0.128 e. The third kappa shape index (κ3) is 1.74. The van der Waals surface area contributed by atoms with Crippen molar-refractivity contribution in [1.29, 1.82) is 0 Å². The molecule has 0 aliphatic rings. The van der Waals surface area contributed by atoms with Gasteiger partial charge in [0.2, 0.25) is 0 Å². The van der Waals surface area contributed by atoms with Crippen molar-refractivity contribution in [2.24, 2.45) is 0 Å². The fourth-order valence-electron chi connectivity index (χ4n) is 0.980. The van der Waals surface area contributed by atoms with E-state index in [0.29, 0.717) is 0 Å². The quantitative estimate of drug-likeness (QED) is 0.710. The maximum atomic E-state index is 8.89. The molecule has 0 saturated carbocycles. The molecule has 0 radical (unpaired) electrons. The molecule has 0 aromatic carbocycles. The first-order valence-electron chi connectivity index (χ1n) is 3.89. The second-order valence-corrected chi connectivity index (χ2v) is 3.02. The first kappa shape index (κ1) is 9.00. The van der Waals surface area contributed by atoms with Gasteiger partial charge in [-0.15, -0.1) is 0 Å². The summed E-state index contributed by atoms with van der Waals surface area (Å²) in [5.74, 6) is 0.921. The Balaban J connectivity index is 3.02. The third-order valence-electron chi connectivity index (χ3n) is 1.83. The molecule has 0 unspecified atom stereocenters. The van der Waals surface area contributed by atoms with Crippen LogP contribution >= 0.6 is 0 Å². The third-order valence-corrected chi connectivity index (χ3v) is 1.83. The van der Waals surface area contributed by atoms with Crippen molar-refractivity contribution in [2.45, 2.75) is 13.5 Å². The Morgan fingerprint density at radius 2 is 2.17 bits per heavy atom. The molecule has 66 valence electrons. The van der Waals surface area contributed by atoms with Gasteiger partial charge in [0.05, 0.1) is 6.61 Å². The van der Waals surface area contributed by atoms with Gasteiger partial charge >= 0.3 is 0 Å². The van der Waals surface area contributed by atoms with Crippen molar-refractivity contribution >= 4 is 5.82 Å². The van der Waals surface area contributed by atoms with Crippen LogP contribution in [0.3, 0.4) is 0 Å². The molecule has 0 fully saturated rings. The molecule has 0 atom stereocenters. The van der Waals surface area contributed by atoms with E-state index in [1.807, 2.05) is 32.0 Å². The molecule has 3 heteroatoms. The number of pyridine rings is 1. The van der Waals surface area contributed by atoms with Gasteiger partial charge in [0.15, 0.2) is 0 Å². The summed E-state index contributed by atoms with van der Waals surface area (Å²) < 4.78 is 0. The average Bonchev–Trinajstić information content (AvgIpc) is 2.04. The Labute approximate surface area is 72.7 Å². The van der Waals surface area contributed by atoms with Gasteiger partial charge < -0.3 is 10.0 Å². The van der Waals surface area contributed by atoms with Gasteiger partial charge in [-0.05, 0) is 24.1 Å². The van der Waals surface area contributed by atoms with Crippen molar-refractivity contribution in [1.82, 2.24) is 4.98 Å². The molecule has 1 N–H and O–H groups in total. The van der Waals surface area contributed by atoms with Crippen molar-refractivity contribution in [3.8, 4) is 0 Å². The Bertz CT molecular complexity index is 271. The summed E-state index contributed by atoms with van der Waals surface area (Å²) in [5.41, 5.74) is 1.97. The molecular weight excluding hydrogens is 152 g/mol. The fourth-order valence-corrected chi connectivity index (χ4v) is 0.980. The van der Waals surface area contributed by atoms with Crippen molar-refractivity contribution in [3.05, 3.63) is 23.4 Å². The molecule has 3 nitrogen and oxygen atoms in total. The smallest absolute Gasteiger partial charge is 0.128 e. The minimum absolute atomic E-state index is 0.0620. The van der Waals surface area contributed by atoms with Crippen LogP contribution in [-0.4, -0.2) is 24.2 Å². The monoisotopic (exact) mass is 166 g/mol. The zero-order valence-electron chi connectivity index (χ0n) is 7.70. The van der Waals surface area contributed by atoms with Crippen LogP contribution in [0.4, 0.5) is 5.82 Å². The van der Waals surface area contributed by atoms with Crippen molar-refractivity contribution in [2.75, 3.05) is 19.0 Å². The summed E-state index contributed by atoms with van der Waals surface area (Å²) in [5, 5.41) is 8.89. The van der Waals surface area contributed by atoms with Crippen LogP contribution in [0.2, 0.25) is 0 Å². The van der Waals surface area contributed by atoms with Crippen LogP contribution < -0.4 is 4.90 Å². The van der Waals surface area contributed by atoms with E-state index in [1.54, 1.807) is 6.20 Å². The summed E-state index contributed by atoms with van der Waals surface area (Å²) in [6.07, 6.45) is 1.71. The number of aromatic nitrogens is 1. The number of rotatable bonds is 2. The van der Waals surface area contributed by atoms with Crippen molar-refractivity contribution < 1.29 is 5.11 Å². The topological polar surface area (TPSA) is 36.4 Å². The number of hydrogen-bond donors (Lipinski definition) is 1. The lowest BCUT2D eigenvalue weighted by atomic mass is 10.2. The predicted molar refractivity (Wildman–Crippen MR) is 49.2 cm³/mol. The van der Waals surface area contributed by atoms with Gasteiger partial charge in [0.1, 0.15) is 5.82 Å². The zero-order chi connectivity index (χ0) is 9.14. The van der Waals surface area contributed by atoms with Gasteiger partial charge in [-0.25, -0.2) is 4.98 Å². The summed E-state index contributed by atoms with van der Waals surface area (Å²) in [7, 11) is 3.89. The van der Waals surface area contributed by atoms with Gasteiger partial charge in [-0.3, -0.25) is 0 Å². The highest BCUT2D eigenvalue weighted by Gasteiger charge is 2.00. The van der Waals surface area contributed by atoms with Crippen LogP contribution in [-0.2, 0) is 6.61 Å². The molecule has 1 rings (SSSR count). The number of aliphatic hydroxyl groups excluding tert-OH is 1. The molecule has 0 spiro atoms. The van der Waals surface area contributed by atoms with Crippen LogP contribution in [0.15, 0.2) is 12.3 Å². The SMILES string of the molecule is Cc1cc(N(C)C)ncc1CO. The second-order valence-electron chi connectivity index (χ2n) is 3.02. The van der Waals surface area contributed by atoms with E-state index in [-0.39, 0.29) is 6.61 Å². The lowest BCUT2D eigenvalue weighted by molar-refractivity contribution is 0.280. The minimum Gasteiger partial charge on any atom is -0.392 e. The van der Waals surface area contributed by atoms with Crippen molar-refractivity contribution in [3.63, 3.8) is 0 Å². The Kier molecular flexibility index (Phi) is 2.65. The summed E-state index contributed by atoms with van der Waals surface area (Å²) in [6.45, 7) is 2.03. The van der Waals surface area contributed by atoms with Crippen LogP contribution in [0.5, 0.6) is 0 Å². The van der Waals surface area contributed by atoms with Gasteiger partial charge in [-0.1, -0.05) is 0 Å². The standard InChI is InChI=1S/C9H14N2O/c1-7-4-9(11(2)3)10-5-8(7)6-12/h4-5,12H,6H2,1-3H3. The molecular formula is C9H14N2O. The number of hydrogen-bond acceptors (Lipinski definition) is 3. The van der Waals surface area contributed by atoms with E-state index in [9.17, 15) is 0 Å². The number of nitrogens with zero attached hydrogens (tertiary/aromatic N) is 2. The van der Waals surface area contributed by atoms with Crippen LogP contribution in [0.1, 0.15) is 11.1 Å². The lowest BCUT2D eigenvalue weighted by Gasteiger charge is -2.12. The van der Waals surface area contributed by atoms with E-state index in [1.165, 1.54) is 0 Å². The van der Waals surface area contributed by atoms with Gasteiger partial charge in [0, 0.05) is 20.3 Å². The van der Waals surface area contributed by atoms with E-state index in [0.717, 1.165) is 16.9 Å². The predicted octanol–water partition coefficient (Wildman–Crippen LogP) is 0.948. The largest absolute Gasteiger partial charge is 0.392 e. The number of anilines is 1. The Hall–Kier alpha value is -1.09. The highest BCUT2D eigenvalue weighted by molar-refractivity contribution is 5.41. The zero-order valence-corrected chi connectivity index (χ0v) is 7.70. The minimum atomic E-state index is 0.0620. The molecule has 0 bridgehead atoms. The van der Waals surface area contributed by atoms with Crippen LogP contribution in [0, 0.1) is 6.92 Å².